The normalized spacial score (nSPS) is 26.0. The van der Waals surface area contributed by atoms with Crippen LogP contribution in [-0.2, 0) is 9.31 Å². The molecule has 0 atom stereocenters. The van der Waals surface area contributed by atoms with Gasteiger partial charge in [-0.05, 0) is 46.6 Å². The van der Waals surface area contributed by atoms with Crippen molar-refractivity contribution in [2.45, 2.75) is 45.7 Å². The largest absolute Gasteiger partial charge is 0.516 e. The molecule has 0 bridgehead atoms. The molecule has 110 valence electrons. The first-order chi connectivity index (χ1) is 13.1. The van der Waals surface area contributed by atoms with Crippen molar-refractivity contribution >= 4 is 12.7 Å². The van der Waals surface area contributed by atoms with Gasteiger partial charge in [-0.2, -0.15) is 0 Å². The van der Waals surface area contributed by atoms with Gasteiger partial charge in [0.05, 0.1) is 23.6 Å². The zero-order chi connectivity index (χ0) is 22.1. The molecule has 1 aliphatic rings. The van der Waals surface area contributed by atoms with Gasteiger partial charge in [0.25, 0.3) is 0 Å². The minimum Gasteiger partial charge on any atom is -0.398 e. The van der Waals surface area contributed by atoms with Crippen molar-refractivity contribution in [3.05, 3.63) is 36.4 Å². The van der Waals surface area contributed by atoms with Gasteiger partial charge in [-0.1, -0.05) is 0 Å². The van der Waals surface area contributed by atoms with E-state index in [4.69, 9.17) is 20.3 Å². The summed E-state index contributed by atoms with van der Waals surface area (Å²) in [4.78, 5) is 7.54. The fourth-order valence-electron chi connectivity index (χ4n) is 1.91. The molecule has 1 aliphatic heterocycles. The van der Waals surface area contributed by atoms with Crippen LogP contribution in [0.2, 0.25) is 0 Å². The molecule has 0 saturated carbocycles. The first-order valence-corrected chi connectivity index (χ1v) is 6.48. The first-order valence-electron chi connectivity index (χ1n) is 10.5. The number of aromatic nitrogens is 3. The Morgan fingerprint density at radius 1 is 1.19 bits per heavy atom. The highest BCUT2D eigenvalue weighted by molar-refractivity contribution is 6.61. The van der Waals surface area contributed by atoms with Crippen LogP contribution in [0.5, 0.6) is 0 Å². The Morgan fingerprint density at radius 2 is 1.81 bits per heavy atom. The summed E-state index contributed by atoms with van der Waals surface area (Å²) in [5, 5.41) is 0. The van der Waals surface area contributed by atoms with Gasteiger partial charge in [-0.25, -0.2) is 4.98 Å². The fourth-order valence-corrected chi connectivity index (χ4v) is 1.91. The molecule has 3 rings (SSSR count). The van der Waals surface area contributed by atoms with Crippen LogP contribution in [0, 0.1) is 6.85 Å². The Bertz CT molecular complexity index is 947. The minimum atomic E-state index is -2.80. The van der Waals surface area contributed by atoms with Crippen molar-refractivity contribution in [3.63, 3.8) is 0 Å². The molecule has 3 heterocycles. The number of imidazole rings is 1. The third kappa shape index (κ3) is 2.38. The van der Waals surface area contributed by atoms with Crippen LogP contribution >= 0.6 is 0 Å². The van der Waals surface area contributed by atoms with Gasteiger partial charge < -0.3 is 13.9 Å². The molecule has 21 heavy (non-hydrogen) atoms. The molecule has 0 aliphatic carbocycles. The Kier molecular flexibility index (Phi) is 1.68. The van der Waals surface area contributed by atoms with E-state index < -0.39 is 67.3 Å². The Labute approximate surface area is 136 Å². The van der Waals surface area contributed by atoms with Gasteiger partial charge >= 0.3 is 7.12 Å². The molecule has 0 N–H and O–H groups in total. The second-order valence-electron chi connectivity index (χ2n) is 5.79. The Balaban J connectivity index is 2.29. The molecule has 2 aromatic heterocycles. The topological polar surface area (TPSA) is 49.2 Å². The SMILES string of the molecule is [2H]c1nc([2H])c([2H])c(-n2c(C([2H])([2H])[2H])nc(B3OC(C)(C)C(C)(C)O3)c2[2H])c1[2H]. The lowest BCUT2D eigenvalue weighted by atomic mass is 9.86. The molecule has 6 heteroatoms. The summed E-state index contributed by atoms with van der Waals surface area (Å²) in [5.41, 5.74) is -2.05. The predicted molar refractivity (Wildman–Crippen MR) is 81.8 cm³/mol. The van der Waals surface area contributed by atoms with E-state index in [0.29, 0.717) is 0 Å². The molecule has 0 unspecified atom stereocenters. The summed E-state index contributed by atoms with van der Waals surface area (Å²) >= 11 is 0. The molecule has 2 aromatic rings. The van der Waals surface area contributed by atoms with Gasteiger partial charge in [0.1, 0.15) is 5.82 Å². The van der Waals surface area contributed by atoms with E-state index >= 15 is 0 Å². The zero-order valence-electron chi connectivity index (χ0n) is 20.2. The van der Waals surface area contributed by atoms with Crippen molar-refractivity contribution in [1.29, 1.82) is 0 Å². The van der Waals surface area contributed by atoms with E-state index in [9.17, 15) is 0 Å². The summed E-state index contributed by atoms with van der Waals surface area (Å²) in [7, 11) is -1.13. The highest BCUT2D eigenvalue weighted by Crippen LogP contribution is 2.36. The lowest BCUT2D eigenvalue weighted by molar-refractivity contribution is 0.00578. The van der Waals surface area contributed by atoms with Crippen molar-refractivity contribution in [2.75, 3.05) is 0 Å². The van der Waals surface area contributed by atoms with Crippen LogP contribution in [0.3, 0.4) is 0 Å². The van der Waals surface area contributed by atoms with Crippen molar-refractivity contribution in [1.82, 2.24) is 14.5 Å². The van der Waals surface area contributed by atoms with E-state index in [1.165, 1.54) is 0 Å². The summed E-state index contributed by atoms with van der Waals surface area (Å²) in [6.45, 7) is 4.38. The summed E-state index contributed by atoms with van der Waals surface area (Å²) < 4.78 is 76.1. The maximum absolute atomic E-state index is 8.52. The molecule has 1 fully saturated rings. The first kappa shape index (κ1) is 7.56. The molecule has 1 saturated heterocycles. The van der Waals surface area contributed by atoms with Gasteiger partial charge in [0, 0.05) is 28.3 Å². The summed E-state index contributed by atoms with van der Waals surface area (Å²) in [6, 6.07) is -1.16. The number of pyridine rings is 1. The number of nitrogens with zero attached hydrogens (tertiary/aromatic N) is 3. The van der Waals surface area contributed by atoms with Crippen LogP contribution in [0.15, 0.2) is 30.6 Å². The van der Waals surface area contributed by atoms with Crippen LogP contribution < -0.4 is 5.59 Å². The molecule has 0 radical (unpaired) electrons. The fraction of sp³-hybridized carbons (Fsp3) is 0.467. The van der Waals surface area contributed by atoms with E-state index in [-0.39, 0.29) is 5.59 Å². The van der Waals surface area contributed by atoms with Gasteiger partial charge in [0.15, 0.2) is 0 Å². The Morgan fingerprint density at radius 3 is 2.38 bits per heavy atom. The second kappa shape index (κ2) is 4.68. The van der Waals surface area contributed by atoms with Gasteiger partial charge in [-0.3, -0.25) is 4.98 Å². The van der Waals surface area contributed by atoms with Crippen molar-refractivity contribution < 1.29 is 20.3 Å². The molecule has 0 amide bonds. The number of hydrogen-bond acceptors (Lipinski definition) is 4. The average Bonchev–Trinajstić information content (AvgIpc) is 3.00. The molecule has 0 aromatic carbocycles. The molecular formula is C15H20BN3O2. The minimum absolute atomic E-state index is 0.122. The zero-order valence-corrected chi connectivity index (χ0v) is 12.2. The van der Waals surface area contributed by atoms with Gasteiger partial charge in [0.2, 0.25) is 0 Å². The van der Waals surface area contributed by atoms with Crippen LogP contribution in [0.1, 0.15) is 44.5 Å². The predicted octanol–water partition coefficient (Wildman–Crippen LogP) is 1.87. The monoisotopic (exact) mass is 293 g/mol. The standard InChI is InChI=1S/C15H20BN3O2/c1-11-18-13(10-19(11)12-6-8-17-9-7-12)16-20-14(2,3)15(4,5)21-16/h6-10H,1-5H3/i1D3,6D,7D,8D,9D,10D. The lowest BCUT2D eigenvalue weighted by Crippen LogP contribution is -2.41. The quantitative estimate of drug-likeness (QED) is 0.793. The number of hydrogen-bond donors (Lipinski definition) is 0. The van der Waals surface area contributed by atoms with E-state index in [1.807, 2.05) is 0 Å². The molecule has 5 nitrogen and oxygen atoms in total. The van der Waals surface area contributed by atoms with E-state index in [1.54, 1.807) is 27.7 Å². The van der Waals surface area contributed by atoms with Crippen LogP contribution in [0.4, 0.5) is 0 Å². The van der Waals surface area contributed by atoms with E-state index in [0.717, 1.165) is 4.57 Å². The third-order valence-corrected chi connectivity index (χ3v) is 3.83. The Hall–Kier alpha value is -1.66. The maximum atomic E-state index is 8.52. The maximum Gasteiger partial charge on any atom is 0.516 e. The third-order valence-electron chi connectivity index (χ3n) is 3.83. The van der Waals surface area contributed by atoms with Crippen LogP contribution in [0.25, 0.3) is 5.69 Å². The average molecular weight is 293 g/mol. The summed E-state index contributed by atoms with van der Waals surface area (Å²) in [5.74, 6) is -0.584. The number of rotatable bonds is 2. The number of aryl methyl sites for hydroxylation is 1. The second-order valence-corrected chi connectivity index (χ2v) is 5.79. The lowest BCUT2D eigenvalue weighted by Gasteiger charge is -2.32. The van der Waals surface area contributed by atoms with E-state index in [2.05, 4.69) is 9.97 Å². The molecule has 0 spiro atoms. The highest BCUT2D eigenvalue weighted by atomic mass is 16.7. The summed E-state index contributed by atoms with van der Waals surface area (Å²) in [6.07, 6.45) is -1.67. The van der Waals surface area contributed by atoms with Crippen molar-refractivity contribution in [2.24, 2.45) is 0 Å². The van der Waals surface area contributed by atoms with Gasteiger partial charge in [-0.15, -0.1) is 0 Å². The smallest absolute Gasteiger partial charge is 0.398 e. The van der Waals surface area contributed by atoms with Crippen molar-refractivity contribution in [3.8, 4) is 5.69 Å². The molecular weight excluding hydrogens is 265 g/mol. The highest BCUT2D eigenvalue weighted by Gasteiger charge is 2.52. The van der Waals surface area contributed by atoms with Crippen LogP contribution in [-0.4, -0.2) is 32.9 Å².